The number of pyridine rings is 1. The quantitative estimate of drug-likeness (QED) is 0.480. The van der Waals surface area contributed by atoms with Crippen molar-refractivity contribution in [3.63, 3.8) is 0 Å². The molecule has 0 atom stereocenters. The van der Waals surface area contributed by atoms with Crippen LogP contribution in [0, 0.1) is 5.82 Å². The van der Waals surface area contributed by atoms with E-state index in [1.165, 1.54) is 37.4 Å². The lowest BCUT2D eigenvalue weighted by Crippen LogP contribution is -2.18. The van der Waals surface area contributed by atoms with Crippen LogP contribution in [0.3, 0.4) is 0 Å². The van der Waals surface area contributed by atoms with Gasteiger partial charge in [-0.15, -0.1) is 0 Å². The lowest BCUT2D eigenvalue weighted by atomic mass is 10.0. The molecule has 0 radical (unpaired) electrons. The van der Waals surface area contributed by atoms with Crippen molar-refractivity contribution in [3.8, 4) is 5.75 Å². The van der Waals surface area contributed by atoms with Crippen molar-refractivity contribution in [2.75, 3.05) is 11.8 Å². The molecular formula is C19H12Cl3FN2O4S. The summed E-state index contributed by atoms with van der Waals surface area (Å²) in [6.07, 6.45) is 1.14. The number of carbonyl (C=O) groups is 1. The van der Waals surface area contributed by atoms with Crippen molar-refractivity contribution in [2.24, 2.45) is 0 Å². The molecule has 0 saturated heterocycles. The average molecular weight is 490 g/mol. The summed E-state index contributed by atoms with van der Waals surface area (Å²) in [5.74, 6) is -1.78. The minimum Gasteiger partial charge on any atom is -0.496 e. The molecule has 0 aliphatic heterocycles. The molecule has 156 valence electrons. The Morgan fingerprint density at radius 1 is 1.10 bits per heavy atom. The van der Waals surface area contributed by atoms with E-state index in [1.807, 2.05) is 0 Å². The van der Waals surface area contributed by atoms with E-state index in [2.05, 4.69) is 9.71 Å². The fourth-order valence-electron chi connectivity index (χ4n) is 2.56. The summed E-state index contributed by atoms with van der Waals surface area (Å²) in [4.78, 5) is 16.7. The Labute approximate surface area is 186 Å². The summed E-state index contributed by atoms with van der Waals surface area (Å²) in [5, 5.41) is 0.248. The monoisotopic (exact) mass is 488 g/mol. The molecule has 0 fully saturated rings. The summed E-state index contributed by atoms with van der Waals surface area (Å²) in [6.45, 7) is 0. The van der Waals surface area contributed by atoms with Gasteiger partial charge in [0.2, 0.25) is 5.78 Å². The van der Waals surface area contributed by atoms with Crippen LogP contribution in [0.1, 0.15) is 16.1 Å². The van der Waals surface area contributed by atoms with Crippen LogP contribution >= 0.6 is 34.8 Å². The number of rotatable bonds is 6. The van der Waals surface area contributed by atoms with Crippen molar-refractivity contribution in [1.29, 1.82) is 0 Å². The van der Waals surface area contributed by atoms with Gasteiger partial charge in [-0.25, -0.2) is 17.8 Å². The van der Waals surface area contributed by atoms with Crippen LogP contribution in [-0.4, -0.2) is 26.3 Å². The van der Waals surface area contributed by atoms with E-state index < -0.39 is 27.2 Å². The van der Waals surface area contributed by atoms with Gasteiger partial charge in [0.25, 0.3) is 10.0 Å². The van der Waals surface area contributed by atoms with Crippen LogP contribution in [0.5, 0.6) is 5.75 Å². The van der Waals surface area contributed by atoms with Gasteiger partial charge >= 0.3 is 0 Å². The van der Waals surface area contributed by atoms with Crippen LogP contribution < -0.4 is 9.46 Å². The van der Waals surface area contributed by atoms with Crippen LogP contribution in [0.4, 0.5) is 10.1 Å². The number of ketones is 1. The van der Waals surface area contributed by atoms with Gasteiger partial charge in [0.05, 0.1) is 32.8 Å². The SMILES string of the molecule is COc1cccc(F)c1C(=O)c1ncc(Cl)cc1NS(=O)(=O)c1ccc(Cl)c(Cl)c1. The van der Waals surface area contributed by atoms with E-state index >= 15 is 0 Å². The highest BCUT2D eigenvalue weighted by Crippen LogP contribution is 2.30. The Hall–Kier alpha value is -2.39. The number of methoxy groups -OCH3 is 1. The zero-order valence-electron chi connectivity index (χ0n) is 15.1. The predicted octanol–water partition coefficient (Wildman–Crippen LogP) is 5.22. The molecule has 0 aliphatic rings. The first kappa shape index (κ1) is 22.3. The number of halogens is 4. The van der Waals surface area contributed by atoms with Crippen molar-refractivity contribution in [2.45, 2.75) is 4.90 Å². The third-order valence-corrected chi connectivity index (χ3v) is 6.25. The number of anilines is 1. The molecular weight excluding hydrogens is 478 g/mol. The van der Waals surface area contributed by atoms with Crippen LogP contribution in [0.15, 0.2) is 53.6 Å². The number of benzene rings is 2. The zero-order chi connectivity index (χ0) is 22.1. The van der Waals surface area contributed by atoms with Gasteiger partial charge in [0.1, 0.15) is 22.8 Å². The van der Waals surface area contributed by atoms with E-state index in [4.69, 9.17) is 39.5 Å². The molecule has 1 aromatic heterocycles. The number of sulfonamides is 1. The number of ether oxygens (including phenoxy) is 1. The summed E-state index contributed by atoms with van der Waals surface area (Å²) in [7, 11) is -2.93. The summed E-state index contributed by atoms with van der Waals surface area (Å²) in [5.41, 5.74) is -1.01. The van der Waals surface area contributed by atoms with Crippen molar-refractivity contribution < 1.29 is 22.3 Å². The molecule has 11 heteroatoms. The van der Waals surface area contributed by atoms with E-state index in [-0.39, 0.29) is 37.1 Å². The smallest absolute Gasteiger partial charge is 0.262 e. The Morgan fingerprint density at radius 2 is 1.83 bits per heavy atom. The topological polar surface area (TPSA) is 85.4 Å². The highest BCUT2D eigenvalue weighted by molar-refractivity contribution is 7.92. The molecule has 0 unspecified atom stereocenters. The molecule has 0 bridgehead atoms. The highest BCUT2D eigenvalue weighted by atomic mass is 35.5. The summed E-state index contributed by atoms with van der Waals surface area (Å²) < 4.78 is 47.2. The zero-order valence-corrected chi connectivity index (χ0v) is 18.2. The Morgan fingerprint density at radius 3 is 2.50 bits per heavy atom. The largest absolute Gasteiger partial charge is 0.496 e. The van der Waals surface area contributed by atoms with Crippen LogP contribution in [-0.2, 0) is 10.0 Å². The number of nitrogens with zero attached hydrogens (tertiary/aromatic N) is 1. The van der Waals surface area contributed by atoms with E-state index in [0.717, 1.165) is 18.3 Å². The molecule has 6 nitrogen and oxygen atoms in total. The highest BCUT2D eigenvalue weighted by Gasteiger charge is 2.26. The molecule has 1 heterocycles. The lowest BCUT2D eigenvalue weighted by molar-refractivity contribution is 0.102. The minimum atomic E-state index is -4.20. The number of hydrogen-bond donors (Lipinski definition) is 1. The second-order valence-corrected chi connectivity index (χ2v) is 8.81. The fraction of sp³-hybridized carbons (Fsp3) is 0.0526. The number of hydrogen-bond acceptors (Lipinski definition) is 5. The van der Waals surface area contributed by atoms with Gasteiger partial charge in [0, 0.05) is 6.20 Å². The Bertz CT molecular complexity index is 1250. The number of aromatic nitrogens is 1. The molecule has 30 heavy (non-hydrogen) atoms. The van der Waals surface area contributed by atoms with Crippen LogP contribution in [0.2, 0.25) is 15.1 Å². The van der Waals surface area contributed by atoms with Crippen LogP contribution in [0.25, 0.3) is 0 Å². The molecule has 0 saturated carbocycles. The first-order chi connectivity index (χ1) is 14.1. The van der Waals surface area contributed by atoms with Crippen molar-refractivity contribution in [1.82, 2.24) is 4.98 Å². The maximum absolute atomic E-state index is 14.3. The Balaban J connectivity index is 2.09. The predicted molar refractivity (Wildman–Crippen MR) is 113 cm³/mol. The van der Waals surface area contributed by atoms with Gasteiger partial charge in [-0.3, -0.25) is 9.52 Å². The third-order valence-electron chi connectivity index (χ3n) is 3.94. The molecule has 2 aromatic carbocycles. The van der Waals surface area contributed by atoms with Gasteiger partial charge in [0.15, 0.2) is 0 Å². The maximum Gasteiger partial charge on any atom is 0.262 e. The first-order valence-electron chi connectivity index (χ1n) is 8.14. The minimum absolute atomic E-state index is 0.0242. The number of nitrogens with one attached hydrogen (secondary N) is 1. The molecule has 0 spiro atoms. The van der Waals surface area contributed by atoms with Crippen molar-refractivity contribution in [3.05, 3.63) is 80.8 Å². The molecule has 0 amide bonds. The standard InChI is InChI=1S/C19H12Cl3FN2O4S/c1-29-16-4-2-3-14(23)17(16)19(26)18-15(7-10(20)9-24-18)25-30(27,28)11-5-6-12(21)13(22)8-11/h2-9,25H,1H3. The molecule has 3 aromatic rings. The second-order valence-electron chi connectivity index (χ2n) is 5.88. The Kier molecular flexibility index (Phi) is 6.52. The molecule has 0 aliphatic carbocycles. The average Bonchev–Trinajstić information content (AvgIpc) is 2.69. The number of carbonyl (C=O) groups excluding carboxylic acids is 1. The first-order valence-corrected chi connectivity index (χ1v) is 10.8. The maximum atomic E-state index is 14.3. The fourth-order valence-corrected chi connectivity index (χ4v) is 4.16. The molecule has 3 rings (SSSR count). The van der Waals surface area contributed by atoms with Gasteiger partial charge in [-0.1, -0.05) is 40.9 Å². The van der Waals surface area contributed by atoms with E-state index in [0.29, 0.717) is 0 Å². The summed E-state index contributed by atoms with van der Waals surface area (Å²) >= 11 is 17.6. The van der Waals surface area contributed by atoms with Gasteiger partial charge in [-0.2, -0.15) is 0 Å². The van der Waals surface area contributed by atoms with Crippen molar-refractivity contribution >= 4 is 56.3 Å². The van der Waals surface area contributed by atoms with E-state index in [9.17, 15) is 17.6 Å². The van der Waals surface area contributed by atoms with Gasteiger partial charge < -0.3 is 4.74 Å². The lowest BCUT2D eigenvalue weighted by Gasteiger charge is -2.14. The summed E-state index contributed by atoms with van der Waals surface area (Å²) in [6, 6.07) is 8.71. The van der Waals surface area contributed by atoms with Gasteiger partial charge in [-0.05, 0) is 36.4 Å². The molecule has 1 N–H and O–H groups in total. The third kappa shape index (κ3) is 4.52. The second kappa shape index (κ2) is 8.77. The van der Waals surface area contributed by atoms with E-state index in [1.54, 1.807) is 0 Å². The normalized spacial score (nSPS) is 11.2.